The molecule has 0 saturated heterocycles. The van der Waals surface area contributed by atoms with Crippen LogP contribution in [0.1, 0.15) is 35.3 Å². The van der Waals surface area contributed by atoms with Crippen LogP contribution in [0.25, 0.3) is 28.0 Å². The number of carbonyl (C=O) groups is 1. The molecule has 0 atom stereocenters. The van der Waals surface area contributed by atoms with E-state index < -0.39 is 0 Å². The Morgan fingerprint density at radius 1 is 0.970 bits per heavy atom. The molecule has 5 heteroatoms. The van der Waals surface area contributed by atoms with Gasteiger partial charge in [0.25, 0.3) is 5.91 Å². The molecule has 0 unspecified atom stereocenters. The number of fused-ring (bicyclic) bond motifs is 1. The van der Waals surface area contributed by atoms with Crippen LogP contribution in [0.2, 0.25) is 0 Å². The van der Waals surface area contributed by atoms with Crippen LogP contribution in [0.15, 0.2) is 67.0 Å². The summed E-state index contributed by atoms with van der Waals surface area (Å²) in [4.78, 5) is 19.7. The molecule has 170 valence electrons. The molecule has 0 saturated carbocycles. The first kappa shape index (κ1) is 22.7. The Balaban J connectivity index is 1.57. The first-order valence-corrected chi connectivity index (χ1v) is 11.7. The summed E-state index contributed by atoms with van der Waals surface area (Å²) in [6, 6.07) is 18.6. The Morgan fingerprint density at radius 2 is 1.76 bits per heavy atom. The summed E-state index contributed by atoms with van der Waals surface area (Å²) in [5.74, 6) is 0.912. The number of hydrogen-bond acceptors (Lipinski definition) is 3. The first-order valence-electron chi connectivity index (χ1n) is 11.7. The van der Waals surface area contributed by atoms with E-state index in [1.54, 1.807) is 0 Å². The molecule has 0 spiro atoms. The Morgan fingerprint density at radius 3 is 2.48 bits per heavy atom. The molecule has 5 nitrogen and oxygen atoms in total. The van der Waals surface area contributed by atoms with E-state index in [9.17, 15) is 4.79 Å². The van der Waals surface area contributed by atoms with Gasteiger partial charge in [0, 0.05) is 30.4 Å². The largest absolute Gasteiger partial charge is 0.351 e. The number of benzene rings is 2. The fraction of sp³-hybridized carbons (Fsp3) is 0.286. The average molecular weight is 441 g/mol. The van der Waals surface area contributed by atoms with Gasteiger partial charge in [0.15, 0.2) is 0 Å². The van der Waals surface area contributed by atoms with E-state index in [0.717, 1.165) is 58.8 Å². The number of carbonyl (C=O) groups excluding carboxylic acids is 1. The normalized spacial score (nSPS) is 11.3. The van der Waals surface area contributed by atoms with Crippen LogP contribution in [-0.2, 0) is 0 Å². The van der Waals surface area contributed by atoms with E-state index >= 15 is 0 Å². The monoisotopic (exact) mass is 440 g/mol. The predicted molar refractivity (Wildman–Crippen MR) is 136 cm³/mol. The fourth-order valence-corrected chi connectivity index (χ4v) is 4.22. The quantitative estimate of drug-likeness (QED) is 0.401. The Labute approximate surface area is 196 Å². The maximum absolute atomic E-state index is 12.7. The third kappa shape index (κ3) is 4.99. The van der Waals surface area contributed by atoms with Crippen LogP contribution < -0.4 is 5.32 Å². The van der Waals surface area contributed by atoms with E-state index in [0.29, 0.717) is 6.54 Å². The van der Waals surface area contributed by atoms with Crippen molar-refractivity contribution in [3.63, 3.8) is 0 Å². The van der Waals surface area contributed by atoms with Crippen LogP contribution >= 0.6 is 0 Å². The van der Waals surface area contributed by atoms with E-state index in [1.807, 2.05) is 25.3 Å². The molecule has 2 aromatic heterocycles. The van der Waals surface area contributed by atoms with Crippen molar-refractivity contribution in [1.82, 2.24) is 19.6 Å². The van der Waals surface area contributed by atoms with Crippen molar-refractivity contribution in [2.75, 3.05) is 26.2 Å². The fourth-order valence-electron chi connectivity index (χ4n) is 4.22. The van der Waals surface area contributed by atoms with E-state index in [1.165, 1.54) is 5.56 Å². The van der Waals surface area contributed by atoms with Gasteiger partial charge in [-0.3, -0.25) is 9.20 Å². The maximum atomic E-state index is 12.7. The van der Waals surface area contributed by atoms with Crippen molar-refractivity contribution in [3.8, 4) is 22.5 Å². The number of aromatic nitrogens is 2. The highest BCUT2D eigenvalue weighted by molar-refractivity contribution is 5.96. The molecule has 2 heterocycles. The van der Waals surface area contributed by atoms with Gasteiger partial charge in [-0.1, -0.05) is 55.8 Å². The van der Waals surface area contributed by atoms with Gasteiger partial charge in [0.1, 0.15) is 5.82 Å². The van der Waals surface area contributed by atoms with Gasteiger partial charge in [-0.05, 0) is 61.8 Å². The number of rotatable bonds is 8. The SMILES string of the molecule is CCN(CC)CCNC(=O)c1ccc(-c2ccc3cnc(-c4cccc(C)c4)n3c2)cc1C. The number of nitrogens with zero attached hydrogens (tertiary/aromatic N) is 3. The number of aryl methyl sites for hydroxylation is 2. The molecule has 0 bridgehead atoms. The van der Waals surface area contributed by atoms with Gasteiger partial charge < -0.3 is 10.2 Å². The minimum atomic E-state index is -0.0157. The third-order valence-electron chi connectivity index (χ3n) is 6.22. The summed E-state index contributed by atoms with van der Waals surface area (Å²) in [7, 11) is 0. The summed E-state index contributed by atoms with van der Waals surface area (Å²) >= 11 is 0. The lowest BCUT2D eigenvalue weighted by Gasteiger charge is -2.18. The van der Waals surface area contributed by atoms with Crippen LogP contribution in [0.3, 0.4) is 0 Å². The first-order chi connectivity index (χ1) is 16.0. The summed E-state index contributed by atoms with van der Waals surface area (Å²) < 4.78 is 2.13. The second-order valence-electron chi connectivity index (χ2n) is 8.48. The zero-order valence-electron chi connectivity index (χ0n) is 19.9. The number of imidazole rings is 1. The minimum absolute atomic E-state index is 0.0157. The molecule has 0 fully saturated rings. The van der Waals surface area contributed by atoms with Crippen LogP contribution in [0, 0.1) is 13.8 Å². The van der Waals surface area contributed by atoms with Gasteiger partial charge in [0.2, 0.25) is 0 Å². The van der Waals surface area contributed by atoms with Gasteiger partial charge >= 0.3 is 0 Å². The number of likely N-dealkylation sites (N-methyl/N-ethyl adjacent to an activating group) is 1. The molecular weight excluding hydrogens is 408 g/mol. The molecule has 0 aliphatic heterocycles. The molecule has 1 amide bonds. The van der Waals surface area contributed by atoms with Crippen molar-refractivity contribution in [3.05, 3.63) is 83.7 Å². The second kappa shape index (κ2) is 10.0. The topological polar surface area (TPSA) is 49.6 Å². The molecule has 2 aromatic carbocycles. The summed E-state index contributed by atoms with van der Waals surface area (Å²) in [6.45, 7) is 11.9. The van der Waals surface area contributed by atoms with Crippen molar-refractivity contribution < 1.29 is 4.79 Å². The summed E-state index contributed by atoms with van der Waals surface area (Å²) in [5.41, 5.74) is 7.22. The zero-order valence-corrected chi connectivity index (χ0v) is 19.9. The maximum Gasteiger partial charge on any atom is 0.251 e. The van der Waals surface area contributed by atoms with Crippen LogP contribution in [0.5, 0.6) is 0 Å². The molecule has 1 N–H and O–H groups in total. The lowest BCUT2D eigenvalue weighted by molar-refractivity contribution is 0.0948. The van der Waals surface area contributed by atoms with Crippen LogP contribution in [0.4, 0.5) is 0 Å². The van der Waals surface area contributed by atoms with E-state index in [-0.39, 0.29) is 5.91 Å². The van der Waals surface area contributed by atoms with Crippen LogP contribution in [-0.4, -0.2) is 46.4 Å². The van der Waals surface area contributed by atoms with Crippen molar-refractivity contribution >= 4 is 11.4 Å². The highest BCUT2D eigenvalue weighted by Gasteiger charge is 2.12. The Hall–Kier alpha value is -3.44. The van der Waals surface area contributed by atoms with Crippen molar-refractivity contribution in [2.24, 2.45) is 0 Å². The number of pyridine rings is 1. The lowest BCUT2D eigenvalue weighted by atomic mass is 10.0. The van der Waals surface area contributed by atoms with Gasteiger partial charge in [-0.2, -0.15) is 0 Å². The molecule has 0 aliphatic carbocycles. The third-order valence-corrected chi connectivity index (χ3v) is 6.22. The standard InChI is InChI=1S/C28H32N4O/c1-5-31(6-2)15-14-29-28(33)26-13-11-22(17-21(26)4)24-10-12-25-18-30-27(32(25)19-24)23-9-7-8-20(3)16-23/h7-13,16-19H,5-6,14-15H2,1-4H3,(H,29,33). The predicted octanol–water partition coefficient (Wildman–Crippen LogP) is 5.36. The lowest BCUT2D eigenvalue weighted by Crippen LogP contribution is -2.35. The van der Waals surface area contributed by atoms with Crippen molar-refractivity contribution in [1.29, 1.82) is 0 Å². The second-order valence-corrected chi connectivity index (χ2v) is 8.48. The van der Waals surface area contributed by atoms with Gasteiger partial charge in [0.05, 0.1) is 11.7 Å². The molecule has 0 radical (unpaired) electrons. The molecule has 33 heavy (non-hydrogen) atoms. The van der Waals surface area contributed by atoms with Gasteiger partial charge in [-0.25, -0.2) is 4.98 Å². The van der Waals surface area contributed by atoms with E-state index in [4.69, 9.17) is 0 Å². The number of nitrogens with one attached hydrogen (secondary N) is 1. The Kier molecular flexibility index (Phi) is 6.90. The molecule has 0 aliphatic rings. The molecule has 4 rings (SSSR count). The number of hydrogen-bond donors (Lipinski definition) is 1. The highest BCUT2D eigenvalue weighted by atomic mass is 16.1. The minimum Gasteiger partial charge on any atom is -0.351 e. The van der Waals surface area contributed by atoms with Crippen molar-refractivity contribution in [2.45, 2.75) is 27.7 Å². The highest BCUT2D eigenvalue weighted by Crippen LogP contribution is 2.26. The average Bonchev–Trinajstić information content (AvgIpc) is 3.25. The summed E-state index contributed by atoms with van der Waals surface area (Å²) in [5, 5.41) is 3.06. The summed E-state index contributed by atoms with van der Waals surface area (Å²) in [6.07, 6.45) is 4.02. The smallest absolute Gasteiger partial charge is 0.251 e. The molecular formula is C28H32N4O. The molecule has 4 aromatic rings. The zero-order chi connectivity index (χ0) is 23.4. The Bertz CT molecular complexity index is 1270. The van der Waals surface area contributed by atoms with E-state index in [2.05, 4.69) is 89.0 Å². The van der Waals surface area contributed by atoms with Gasteiger partial charge in [-0.15, -0.1) is 0 Å². The number of amides is 1.